The first-order valence-electron chi connectivity index (χ1n) is 7.14. The second-order valence-electron chi connectivity index (χ2n) is 4.61. The van der Waals surface area contributed by atoms with Crippen molar-refractivity contribution in [2.45, 2.75) is 13.5 Å². The Hall–Kier alpha value is -1.72. The highest BCUT2D eigenvalue weighted by atomic mass is 35.5. The molecular weight excluding hydrogens is 320 g/mol. The second kappa shape index (κ2) is 8.66. The SMILES string of the molecule is CCN(Cc1ccc(Cl)s1)C(=O)NCCOc1ccccc1. The van der Waals surface area contributed by atoms with Crippen LogP contribution in [0.15, 0.2) is 42.5 Å². The maximum Gasteiger partial charge on any atom is 0.317 e. The number of hydrogen-bond donors (Lipinski definition) is 1. The summed E-state index contributed by atoms with van der Waals surface area (Å²) in [5, 5.41) is 2.86. The molecule has 1 heterocycles. The minimum absolute atomic E-state index is 0.0938. The van der Waals surface area contributed by atoms with Gasteiger partial charge in [-0.2, -0.15) is 0 Å². The lowest BCUT2D eigenvalue weighted by molar-refractivity contribution is 0.195. The lowest BCUT2D eigenvalue weighted by Gasteiger charge is -2.20. The number of carbonyl (C=O) groups is 1. The Morgan fingerprint density at radius 1 is 1.27 bits per heavy atom. The predicted octanol–water partition coefficient (Wildman–Crippen LogP) is 4.01. The largest absolute Gasteiger partial charge is 0.492 e. The van der Waals surface area contributed by atoms with E-state index in [1.165, 1.54) is 11.3 Å². The van der Waals surface area contributed by atoms with E-state index in [1.54, 1.807) is 4.90 Å². The van der Waals surface area contributed by atoms with Crippen molar-refractivity contribution in [3.63, 3.8) is 0 Å². The zero-order valence-electron chi connectivity index (χ0n) is 12.4. The van der Waals surface area contributed by atoms with Crippen molar-refractivity contribution in [3.05, 3.63) is 51.7 Å². The molecule has 6 heteroatoms. The van der Waals surface area contributed by atoms with E-state index in [0.29, 0.717) is 26.2 Å². The summed E-state index contributed by atoms with van der Waals surface area (Å²) in [6.07, 6.45) is 0. The van der Waals surface area contributed by atoms with E-state index < -0.39 is 0 Å². The minimum Gasteiger partial charge on any atom is -0.492 e. The topological polar surface area (TPSA) is 41.6 Å². The molecule has 0 unspecified atom stereocenters. The normalized spacial score (nSPS) is 10.3. The fourth-order valence-corrected chi connectivity index (χ4v) is 3.01. The average Bonchev–Trinajstić information content (AvgIpc) is 2.95. The minimum atomic E-state index is -0.0938. The van der Waals surface area contributed by atoms with Gasteiger partial charge in [0, 0.05) is 11.4 Å². The zero-order chi connectivity index (χ0) is 15.8. The Morgan fingerprint density at radius 2 is 2.05 bits per heavy atom. The number of benzene rings is 1. The summed E-state index contributed by atoms with van der Waals surface area (Å²) in [5.74, 6) is 0.803. The van der Waals surface area contributed by atoms with Crippen LogP contribution in [-0.4, -0.2) is 30.6 Å². The van der Waals surface area contributed by atoms with E-state index in [4.69, 9.17) is 16.3 Å². The van der Waals surface area contributed by atoms with Crippen molar-refractivity contribution in [1.29, 1.82) is 0 Å². The third-order valence-electron chi connectivity index (χ3n) is 3.03. The average molecular weight is 339 g/mol. The first kappa shape index (κ1) is 16.6. The number of carbonyl (C=O) groups excluding carboxylic acids is 1. The van der Waals surface area contributed by atoms with Crippen molar-refractivity contribution in [1.82, 2.24) is 10.2 Å². The monoisotopic (exact) mass is 338 g/mol. The number of halogens is 1. The first-order chi connectivity index (χ1) is 10.7. The van der Waals surface area contributed by atoms with Gasteiger partial charge in [-0.15, -0.1) is 11.3 Å². The number of hydrogen-bond acceptors (Lipinski definition) is 3. The summed E-state index contributed by atoms with van der Waals surface area (Å²) >= 11 is 7.40. The maximum absolute atomic E-state index is 12.1. The summed E-state index contributed by atoms with van der Waals surface area (Å²) in [6.45, 7) is 4.07. The highest BCUT2D eigenvalue weighted by Gasteiger charge is 2.12. The van der Waals surface area contributed by atoms with Crippen LogP contribution in [0.25, 0.3) is 0 Å². The zero-order valence-corrected chi connectivity index (χ0v) is 14.0. The molecule has 0 atom stereocenters. The van der Waals surface area contributed by atoms with Gasteiger partial charge in [0.2, 0.25) is 0 Å². The first-order valence-corrected chi connectivity index (χ1v) is 8.33. The van der Waals surface area contributed by atoms with Crippen molar-refractivity contribution < 1.29 is 9.53 Å². The fourth-order valence-electron chi connectivity index (χ4n) is 1.91. The molecule has 22 heavy (non-hydrogen) atoms. The summed E-state index contributed by atoms with van der Waals surface area (Å²) in [7, 11) is 0. The van der Waals surface area contributed by atoms with Crippen molar-refractivity contribution >= 4 is 29.0 Å². The summed E-state index contributed by atoms with van der Waals surface area (Å²) in [4.78, 5) is 14.9. The lowest BCUT2D eigenvalue weighted by Crippen LogP contribution is -2.40. The number of ether oxygens (including phenoxy) is 1. The number of rotatable bonds is 7. The van der Waals surface area contributed by atoms with Crippen LogP contribution in [0.3, 0.4) is 0 Å². The lowest BCUT2D eigenvalue weighted by atomic mass is 10.3. The van der Waals surface area contributed by atoms with Gasteiger partial charge < -0.3 is 15.0 Å². The highest BCUT2D eigenvalue weighted by Crippen LogP contribution is 2.22. The Balaban J connectivity index is 1.72. The summed E-state index contributed by atoms with van der Waals surface area (Å²) in [6, 6.07) is 13.2. The molecule has 0 spiro atoms. The van der Waals surface area contributed by atoms with Crippen LogP contribution in [0.1, 0.15) is 11.8 Å². The molecule has 0 bridgehead atoms. The molecule has 2 rings (SSSR count). The van der Waals surface area contributed by atoms with E-state index in [1.807, 2.05) is 49.4 Å². The fraction of sp³-hybridized carbons (Fsp3) is 0.312. The van der Waals surface area contributed by atoms with E-state index >= 15 is 0 Å². The van der Waals surface area contributed by atoms with Crippen LogP contribution >= 0.6 is 22.9 Å². The van der Waals surface area contributed by atoms with Crippen LogP contribution in [-0.2, 0) is 6.54 Å². The molecule has 1 N–H and O–H groups in total. The molecule has 2 aromatic rings. The molecule has 0 saturated carbocycles. The van der Waals surface area contributed by atoms with Crippen molar-refractivity contribution in [2.75, 3.05) is 19.7 Å². The number of amides is 2. The van der Waals surface area contributed by atoms with Gasteiger partial charge in [-0.3, -0.25) is 0 Å². The Labute approximate surface area is 139 Å². The molecular formula is C16H19ClN2O2S. The molecule has 1 aromatic heterocycles. The van der Waals surface area contributed by atoms with Gasteiger partial charge in [-0.1, -0.05) is 29.8 Å². The molecule has 0 aliphatic rings. The molecule has 0 fully saturated rings. The highest BCUT2D eigenvalue weighted by molar-refractivity contribution is 7.16. The number of para-hydroxylation sites is 1. The molecule has 0 radical (unpaired) electrons. The van der Waals surface area contributed by atoms with Crippen molar-refractivity contribution in [3.8, 4) is 5.75 Å². The van der Waals surface area contributed by atoms with Crippen LogP contribution in [0.5, 0.6) is 5.75 Å². The second-order valence-corrected chi connectivity index (χ2v) is 6.41. The Kier molecular flexibility index (Phi) is 6.55. The van der Waals surface area contributed by atoms with E-state index in [9.17, 15) is 4.79 Å². The third-order valence-corrected chi connectivity index (χ3v) is 4.25. The standard InChI is InChI=1S/C16H19ClN2O2S/c1-2-19(12-14-8-9-15(17)22-14)16(20)18-10-11-21-13-6-4-3-5-7-13/h3-9H,2,10-12H2,1H3,(H,18,20). The maximum atomic E-state index is 12.1. The molecule has 2 amide bonds. The number of urea groups is 1. The molecule has 118 valence electrons. The summed E-state index contributed by atoms with van der Waals surface area (Å²) in [5.41, 5.74) is 0. The quantitative estimate of drug-likeness (QED) is 0.775. The van der Waals surface area contributed by atoms with E-state index in [2.05, 4.69) is 5.32 Å². The molecule has 1 aromatic carbocycles. The van der Waals surface area contributed by atoms with Crippen LogP contribution < -0.4 is 10.1 Å². The number of nitrogens with zero attached hydrogens (tertiary/aromatic N) is 1. The molecule has 0 saturated heterocycles. The van der Waals surface area contributed by atoms with Gasteiger partial charge in [-0.25, -0.2) is 4.79 Å². The molecule has 0 aliphatic heterocycles. The van der Waals surface area contributed by atoms with Gasteiger partial charge in [0.1, 0.15) is 12.4 Å². The van der Waals surface area contributed by atoms with E-state index in [-0.39, 0.29) is 6.03 Å². The smallest absolute Gasteiger partial charge is 0.317 e. The van der Waals surface area contributed by atoms with E-state index in [0.717, 1.165) is 15.0 Å². The Bertz CT molecular complexity index is 589. The predicted molar refractivity (Wildman–Crippen MR) is 90.7 cm³/mol. The Morgan fingerprint density at radius 3 is 2.68 bits per heavy atom. The van der Waals surface area contributed by atoms with Gasteiger partial charge in [0.25, 0.3) is 0 Å². The molecule has 4 nitrogen and oxygen atoms in total. The third kappa shape index (κ3) is 5.24. The van der Waals surface area contributed by atoms with Gasteiger partial charge in [0.05, 0.1) is 17.4 Å². The van der Waals surface area contributed by atoms with Crippen LogP contribution in [0.4, 0.5) is 4.79 Å². The number of nitrogens with one attached hydrogen (secondary N) is 1. The van der Waals surface area contributed by atoms with Crippen LogP contribution in [0, 0.1) is 0 Å². The molecule has 0 aliphatic carbocycles. The van der Waals surface area contributed by atoms with Gasteiger partial charge >= 0.3 is 6.03 Å². The summed E-state index contributed by atoms with van der Waals surface area (Å²) < 4.78 is 6.28. The van der Waals surface area contributed by atoms with Crippen molar-refractivity contribution in [2.24, 2.45) is 0 Å². The van der Waals surface area contributed by atoms with Gasteiger partial charge in [-0.05, 0) is 31.2 Å². The van der Waals surface area contributed by atoms with Gasteiger partial charge in [0.15, 0.2) is 0 Å². The number of thiophene rings is 1. The van der Waals surface area contributed by atoms with Crippen LogP contribution in [0.2, 0.25) is 4.34 Å².